The molecule has 10 heteroatoms. The molecule has 0 aliphatic carbocycles. The van der Waals surface area contributed by atoms with Gasteiger partial charge < -0.3 is 5.32 Å². The SMILES string of the molecule is Cc1n[nH]c(C)c1CCc1nc2c3ccccc3nc(SCC(=O)Nc3ccc(Br)cc3)n2n1. The van der Waals surface area contributed by atoms with Gasteiger partial charge in [-0.15, -0.1) is 5.10 Å². The molecule has 34 heavy (non-hydrogen) atoms. The van der Waals surface area contributed by atoms with Crippen LogP contribution in [0.25, 0.3) is 16.6 Å². The minimum absolute atomic E-state index is 0.110. The zero-order valence-corrected chi connectivity index (χ0v) is 21.1. The van der Waals surface area contributed by atoms with Crippen LogP contribution in [0.3, 0.4) is 0 Å². The first-order chi connectivity index (χ1) is 16.5. The van der Waals surface area contributed by atoms with E-state index in [1.54, 1.807) is 4.52 Å². The highest BCUT2D eigenvalue weighted by atomic mass is 79.9. The van der Waals surface area contributed by atoms with Crippen molar-refractivity contribution in [3.8, 4) is 0 Å². The van der Waals surface area contributed by atoms with E-state index >= 15 is 0 Å². The first kappa shape index (κ1) is 22.5. The number of nitrogens with zero attached hydrogens (tertiary/aromatic N) is 5. The minimum atomic E-state index is -0.110. The molecule has 0 atom stereocenters. The van der Waals surface area contributed by atoms with Crippen molar-refractivity contribution >= 4 is 55.8 Å². The molecule has 0 bridgehead atoms. The largest absolute Gasteiger partial charge is 0.325 e. The van der Waals surface area contributed by atoms with E-state index in [1.807, 2.05) is 62.4 Å². The molecule has 0 aliphatic rings. The fourth-order valence-electron chi connectivity index (χ4n) is 3.81. The van der Waals surface area contributed by atoms with E-state index < -0.39 is 0 Å². The summed E-state index contributed by atoms with van der Waals surface area (Å²) in [6.45, 7) is 4.03. The monoisotopic (exact) mass is 535 g/mol. The van der Waals surface area contributed by atoms with Crippen molar-refractivity contribution in [2.24, 2.45) is 0 Å². The van der Waals surface area contributed by atoms with Gasteiger partial charge in [0.1, 0.15) is 0 Å². The predicted octanol–water partition coefficient (Wildman–Crippen LogP) is 4.90. The van der Waals surface area contributed by atoms with E-state index in [0.29, 0.717) is 11.6 Å². The summed E-state index contributed by atoms with van der Waals surface area (Å²) in [5.41, 5.74) is 5.59. The van der Waals surface area contributed by atoms with Gasteiger partial charge in [-0.25, -0.2) is 9.97 Å². The number of carbonyl (C=O) groups excluding carboxylic acids is 1. The quantitative estimate of drug-likeness (QED) is 0.227. The number of amides is 1. The Morgan fingerprint density at radius 2 is 1.88 bits per heavy atom. The van der Waals surface area contributed by atoms with Crippen LogP contribution < -0.4 is 5.32 Å². The van der Waals surface area contributed by atoms with Crippen LogP contribution in [-0.2, 0) is 17.6 Å². The summed E-state index contributed by atoms with van der Waals surface area (Å²) in [6.07, 6.45) is 1.49. The summed E-state index contributed by atoms with van der Waals surface area (Å²) < 4.78 is 2.72. The molecular weight excluding hydrogens is 514 g/mol. The van der Waals surface area contributed by atoms with Crippen molar-refractivity contribution in [3.05, 3.63) is 75.8 Å². The van der Waals surface area contributed by atoms with Crippen molar-refractivity contribution in [1.82, 2.24) is 29.8 Å². The van der Waals surface area contributed by atoms with Gasteiger partial charge in [0.25, 0.3) is 0 Å². The Kier molecular flexibility index (Phi) is 6.34. The molecular formula is C24H22BrN7OS. The fourth-order valence-corrected chi connectivity index (χ4v) is 4.82. The number of rotatable bonds is 7. The van der Waals surface area contributed by atoms with E-state index in [4.69, 9.17) is 15.1 Å². The maximum atomic E-state index is 12.5. The maximum Gasteiger partial charge on any atom is 0.234 e. The number of hydrogen-bond donors (Lipinski definition) is 2. The number of nitrogens with one attached hydrogen (secondary N) is 2. The highest BCUT2D eigenvalue weighted by Gasteiger charge is 2.16. The Hall–Kier alpha value is -3.24. The Morgan fingerprint density at radius 3 is 2.65 bits per heavy atom. The summed E-state index contributed by atoms with van der Waals surface area (Å²) in [6, 6.07) is 15.3. The Bertz CT molecular complexity index is 1470. The molecule has 0 unspecified atom stereocenters. The van der Waals surface area contributed by atoms with Gasteiger partial charge in [-0.3, -0.25) is 9.89 Å². The number of carbonyl (C=O) groups is 1. The summed E-state index contributed by atoms with van der Waals surface area (Å²) in [4.78, 5) is 22.1. The van der Waals surface area contributed by atoms with E-state index in [0.717, 1.165) is 50.3 Å². The van der Waals surface area contributed by atoms with Crippen LogP contribution >= 0.6 is 27.7 Å². The Labute approximate surface area is 208 Å². The van der Waals surface area contributed by atoms with Crippen LogP contribution in [0.4, 0.5) is 5.69 Å². The number of halogens is 1. The molecule has 0 fully saturated rings. The average Bonchev–Trinajstić information content (AvgIpc) is 3.41. The van der Waals surface area contributed by atoms with Gasteiger partial charge in [0, 0.05) is 27.7 Å². The Balaban J connectivity index is 1.40. The zero-order chi connectivity index (χ0) is 23.7. The first-order valence-electron chi connectivity index (χ1n) is 10.8. The second kappa shape index (κ2) is 9.55. The van der Waals surface area contributed by atoms with E-state index in [2.05, 4.69) is 31.4 Å². The van der Waals surface area contributed by atoms with E-state index in [1.165, 1.54) is 17.3 Å². The number of para-hydroxylation sites is 1. The fraction of sp³-hybridized carbons (Fsp3) is 0.208. The first-order valence-corrected chi connectivity index (χ1v) is 12.6. The number of benzene rings is 2. The molecule has 3 aromatic heterocycles. The molecule has 0 radical (unpaired) electrons. The van der Waals surface area contributed by atoms with E-state index in [9.17, 15) is 4.79 Å². The molecule has 8 nitrogen and oxygen atoms in total. The zero-order valence-electron chi connectivity index (χ0n) is 18.7. The van der Waals surface area contributed by atoms with E-state index in [-0.39, 0.29) is 11.7 Å². The van der Waals surface area contributed by atoms with Crippen molar-refractivity contribution in [2.75, 3.05) is 11.1 Å². The van der Waals surface area contributed by atoms with Crippen LogP contribution in [0, 0.1) is 13.8 Å². The number of anilines is 1. The van der Waals surface area contributed by atoms with Crippen LogP contribution in [0.2, 0.25) is 0 Å². The molecule has 3 heterocycles. The van der Waals surface area contributed by atoms with Gasteiger partial charge in [-0.1, -0.05) is 39.8 Å². The molecule has 2 N–H and O–H groups in total. The predicted molar refractivity (Wildman–Crippen MR) is 137 cm³/mol. The summed E-state index contributed by atoms with van der Waals surface area (Å²) >= 11 is 4.74. The number of thioether (sulfide) groups is 1. The van der Waals surface area contributed by atoms with Crippen molar-refractivity contribution < 1.29 is 4.79 Å². The van der Waals surface area contributed by atoms with Gasteiger partial charge in [0.05, 0.1) is 17.0 Å². The molecule has 1 amide bonds. The van der Waals surface area contributed by atoms with Crippen LogP contribution in [0.15, 0.2) is 58.2 Å². The van der Waals surface area contributed by atoms with Crippen molar-refractivity contribution in [2.45, 2.75) is 31.8 Å². The third kappa shape index (κ3) is 4.69. The Morgan fingerprint density at radius 1 is 1.09 bits per heavy atom. The number of aromatic nitrogens is 6. The second-order valence-electron chi connectivity index (χ2n) is 7.93. The summed E-state index contributed by atoms with van der Waals surface area (Å²) in [5, 5.41) is 16.5. The highest BCUT2D eigenvalue weighted by molar-refractivity contribution is 9.10. The van der Waals surface area contributed by atoms with Gasteiger partial charge in [-0.05, 0) is 62.2 Å². The summed E-state index contributed by atoms with van der Waals surface area (Å²) in [7, 11) is 0. The third-order valence-electron chi connectivity index (χ3n) is 5.53. The average molecular weight is 536 g/mol. The lowest BCUT2D eigenvalue weighted by Crippen LogP contribution is -2.14. The lowest BCUT2D eigenvalue weighted by atomic mass is 10.1. The number of H-pyrrole nitrogens is 1. The van der Waals surface area contributed by atoms with Gasteiger partial charge in [0.15, 0.2) is 16.6 Å². The van der Waals surface area contributed by atoms with Crippen molar-refractivity contribution in [1.29, 1.82) is 0 Å². The molecule has 2 aromatic carbocycles. The topological polar surface area (TPSA) is 101 Å². The number of aromatic amines is 1. The summed E-state index contributed by atoms with van der Waals surface area (Å²) in [5.74, 6) is 0.833. The van der Waals surface area contributed by atoms with Gasteiger partial charge in [0.2, 0.25) is 5.91 Å². The molecule has 0 aliphatic heterocycles. The third-order valence-corrected chi connectivity index (χ3v) is 6.99. The second-order valence-corrected chi connectivity index (χ2v) is 9.79. The lowest BCUT2D eigenvalue weighted by Gasteiger charge is -2.07. The normalized spacial score (nSPS) is 11.4. The van der Waals surface area contributed by atoms with Crippen LogP contribution in [0.1, 0.15) is 22.8 Å². The maximum absolute atomic E-state index is 12.5. The number of hydrogen-bond acceptors (Lipinski definition) is 6. The molecule has 5 aromatic rings. The highest BCUT2D eigenvalue weighted by Crippen LogP contribution is 2.25. The van der Waals surface area contributed by atoms with Gasteiger partial charge >= 0.3 is 0 Å². The smallest absolute Gasteiger partial charge is 0.234 e. The molecule has 5 rings (SSSR count). The molecule has 0 saturated heterocycles. The molecule has 0 spiro atoms. The standard InChI is InChI=1S/C24H22BrN7OS/c1-14-18(15(2)30-29-14)11-12-21-28-23-19-5-3-4-6-20(19)27-24(32(23)31-21)34-13-22(33)26-17-9-7-16(25)8-10-17/h3-10H,11-13H2,1-2H3,(H,26,33)(H,29,30). The molecule has 0 saturated carbocycles. The van der Waals surface area contributed by atoms with Crippen molar-refractivity contribution in [3.63, 3.8) is 0 Å². The van der Waals surface area contributed by atoms with Gasteiger partial charge in [-0.2, -0.15) is 9.61 Å². The number of aryl methyl sites for hydroxylation is 3. The van der Waals surface area contributed by atoms with Crippen LogP contribution in [0.5, 0.6) is 0 Å². The van der Waals surface area contributed by atoms with Crippen LogP contribution in [-0.4, -0.2) is 41.4 Å². The number of fused-ring (bicyclic) bond motifs is 3. The minimum Gasteiger partial charge on any atom is -0.325 e. The molecule has 172 valence electrons. The lowest BCUT2D eigenvalue weighted by molar-refractivity contribution is -0.113.